The smallest absolute Gasteiger partial charge is 0.272 e. The highest BCUT2D eigenvalue weighted by Crippen LogP contribution is 2.34. The molecule has 2 fully saturated rings. The first-order chi connectivity index (χ1) is 13.5. The standard InChI is InChI=1S/C21H25N5O2/c1-11-19(12(2)28-25-11)13-4-7-18-17(8-13)20(24-23-18)21(27)22-14-9-15-5-6-16(10-14)26(15)3/h4,7-8,14-16H,5-6,9-10H2,1-3H3,(H,22,27)(H,23,24). The molecule has 5 rings (SSSR count). The topological polar surface area (TPSA) is 87.0 Å². The maximum Gasteiger partial charge on any atom is 0.272 e. The SMILES string of the molecule is Cc1noc(C)c1-c1ccc2[nH]nc(C(=O)NC3CC4CCC(C3)N4C)c2c1. The summed E-state index contributed by atoms with van der Waals surface area (Å²) in [7, 11) is 2.21. The molecule has 2 aliphatic heterocycles. The van der Waals surface area contributed by atoms with Crippen LogP contribution in [-0.2, 0) is 0 Å². The third kappa shape index (κ3) is 2.73. The summed E-state index contributed by atoms with van der Waals surface area (Å²) in [5.41, 5.74) is 4.10. The van der Waals surface area contributed by atoms with Crippen LogP contribution in [0.15, 0.2) is 22.7 Å². The lowest BCUT2D eigenvalue weighted by molar-refractivity contribution is 0.0879. The number of H-pyrrole nitrogens is 1. The molecule has 28 heavy (non-hydrogen) atoms. The Balaban J connectivity index is 1.43. The maximum absolute atomic E-state index is 13.0. The van der Waals surface area contributed by atoms with Gasteiger partial charge in [0.15, 0.2) is 5.69 Å². The Hall–Kier alpha value is -2.67. The first kappa shape index (κ1) is 17.4. The van der Waals surface area contributed by atoms with Gasteiger partial charge in [-0.15, -0.1) is 0 Å². The van der Waals surface area contributed by atoms with Crippen molar-refractivity contribution >= 4 is 16.8 Å². The van der Waals surface area contributed by atoms with Crippen LogP contribution in [0.5, 0.6) is 0 Å². The lowest BCUT2D eigenvalue weighted by Crippen LogP contribution is -2.48. The first-order valence-corrected chi connectivity index (χ1v) is 9.95. The number of fused-ring (bicyclic) bond motifs is 3. The Morgan fingerprint density at radius 2 is 2.00 bits per heavy atom. The number of piperidine rings is 1. The van der Waals surface area contributed by atoms with Gasteiger partial charge >= 0.3 is 0 Å². The van der Waals surface area contributed by atoms with E-state index in [2.05, 4.69) is 32.6 Å². The average molecular weight is 379 g/mol. The van der Waals surface area contributed by atoms with Gasteiger partial charge in [-0.05, 0) is 64.3 Å². The third-order valence-electron chi connectivity index (χ3n) is 6.53. The van der Waals surface area contributed by atoms with Gasteiger partial charge in [0.25, 0.3) is 5.91 Å². The van der Waals surface area contributed by atoms with Crippen LogP contribution in [0.3, 0.4) is 0 Å². The van der Waals surface area contributed by atoms with Crippen molar-refractivity contribution in [3.8, 4) is 11.1 Å². The highest BCUT2D eigenvalue weighted by atomic mass is 16.5. The minimum atomic E-state index is -0.101. The number of rotatable bonds is 3. The molecule has 7 heteroatoms. The van der Waals surface area contributed by atoms with E-state index in [4.69, 9.17) is 4.52 Å². The van der Waals surface area contributed by atoms with Gasteiger partial charge in [-0.1, -0.05) is 11.2 Å². The van der Waals surface area contributed by atoms with Crippen LogP contribution >= 0.6 is 0 Å². The zero-order chi connectivity index (χ0) is 19.4. The van der Waals surface area contributed by atoms with Crippen molar-refractivity contribution in [2.75, 3.05) is 7.05 Å². The van der Waals surface area contributed by atoms with Gasteiger partial charge < -0.3 is 14.7 Å². The van der Waals surface area contributed by atoms with E-state index < -0.39 is 0 Å². The Labute approximate surface area is 163 Å². The van der Waals surface area contributed by atoms with Gasteiger partial charge in [0.2, 0.25) is 0 Å². The van der Waals surface area contributed by atoms with Crippen LogP contribution in [0.4, 0.5) is 0 Å². The number of carbonyl (C=O) groups is 1. The number of nitrogens with zero attached hydrogens (tertiary/aromatic N) is 3. The summed E-state index contributed by atoms with van der Waals surface area (Å²) in [6.45, 7) is 3.82. The predicted octanol–water partition coefficient (Wildman–Crippen LogP) is 3.19. The van der Waals surface area contributed by atoms with Crippen molar-refractivity contribution in [1.29, 1.82) is 0 Å². The largest absolute Gasteiger partial charge is 0.361 e. The number of amides is 1. The molecule has 0 radical (unpaired) electrons. The van der Waals surface area contributed by atoms with Gasteiger partial charge in [-0.25, -0.2) is 0 Å². The second-order valence-corrected chi connectivity index (χ2v) is 8.22. The maximum atomic E-state index is 13.0. The van der Waals surface area contributed by atoms with Crippen molar-refractivity contribution in [2.24, 2.45) is 0 Å². The number of aryl methyl sites for hydroxylation is 2. The molecule has 2 aliphatic rings. The predicted molar refractivity (Wildman–Crippen MR) is 106 cm³/mol. The van der Waals surface area contributed by atoms with E-state index >= 15 is 0 Å². The van der Waals surface area contributed by atoms with Crippen LogP contribution in [0.1, 0.15) is 47.6 Å². The fraction of sp³-hybridized carbons (Fsp3) is 0.476. The molecule has 3 aromatic rings. The zero-order valence-corrected chi connectivity index (χ0v) is 16.5. The van der Waals surface area contributed by atoms with Crippen LogP contribution in [-0.4, -0.2) is 51.3 Å². The molecule has 0 spiro atoms. The Bertz CT molecular complexity index is 1020. The lowest BCUT2D eigenvalue weighted by Gasteiger charge is -2.36. The monoisotopic (exact) mass is 379 g/mol. The second kappa shape index (κ2) is 6.44. The van der Waals surface area contributed by atoms with Crippen LogP contribution in [0, 0.1) is 13.8 Å². The van der Waals surface area contributed by atoms with E-state index in [-0.39, 0.29) is 11.9 Å². The van der Waals surface area contributed by atoms with Crippen molar-refractivity contribution in [3.05, 3.63) is 35.3 Å². The molecule has 1 aromatic carbocycles. The van der Waals surface area contributed by atoms with E-state index in [1.54, 1.807) is 0 Å². The molecular weight excluding hydrogens is 354 g/mol. The van der Waals surface area contributed by atoms with Gasteiger partial charge in [0.1, 0.15) is 5.76 Å². The van der Waals surface area contributed by atoms with Crippen molar-refractivity contribution < 1.29 is 9.32 Å². The van der Waals surface area contributed by atoms with E-state index in [1.165, 1.54) is 12.8 Å². The molecule has 146 valence electrons. The molecule has 2 aromatic heterocycles. The third-order valence-corrected chi connectivity index (χ3v) is 6.53. The molecule has 2 atom stereocenters. The normalized spacial score (nSPS) is 24.8. The minimum Gasteiger partial charge on any atom is -0.361 e. The van der Waals surface area contributed by atoms with E-state index in [1.807, 2.05) is 32.0 Å². The average Bonchev–Trinajstić information content (AvgIpc) is 3.29. The summed E-state index contributed by atoms with van der Waals surface area (Å²) in [5, 5.41) is 15.4. The fourth-order valence-electron chi connectivity index (χ4n) is 5.02. The summed E-state index contributed by atoms with van der Waals surface area (Å²) >= 11 is 0. The van der Waals surface area contributed by atoms with E-state index in [0.717, 1.165) is 46.3 Å². The second-order valence-electron chi connectivity index (χ2n) is 8.22. The van der Waals surface area contributed by atoms with Crippen molar-refractivity contribution in [3.63, 3.8) is 0 Å². The number of hydrogen-bond acceptors (Lipinski definition) is 5. The molecule has 0 saturated carbocycles. The van der Waals surface area contributed by atoms with Crippen LogP contribution < -0.4 is 5.32 Å². The molecule has 1 amide bonds. The fourth-order valence-corrected chi connectivity index (χ4v) is 5.02. The summed E-state index contributed by atoms with van der Waals surface area (Å²) in [4.78, 5) is 15.5. The first-order valence-electron chi connectivity index (χ1n) is 9.95. The van der Waals surface area contributed by atoms with E-state index in [0.29, 0.717) is 17.8 Å². The summed E-state index contributed by atoms with van der Waals surface area (Å²) < 4.78 is 5.30. The summed E-state index contributed by atoms with van der Waals surface area (Å²) in [5.74, 6) is 0.671. The van der Waals surface area contributed by atoms with Crippen molar-refractivity contribution in [2.45, 2.75) is 57.7 Å². The molecule has 7 nitrogen and oxygen atoms in total. The summed E-state index contributed by atoms with van der Waals surface area (Å²) in [6.07, 6.45) is 4.51. The number of carbonyl (C=O) groups excluding carboxylic acids is 1. The summed E-state index contributed by atoms with van der Waals surface area (Å²) in [6, 6.07) is 7.36. The Morgan fingerprint density at radius 3 is 2.68 bits per heavy atom. The number of aromatic nitrogens is 3. The minimum absolute atomic E-state index is 0.101. The molecule has 2 N–H and O–H groups in total. The quantitative estimate of drug-likeness (QED) is 0.730. The van der Waals surface area contributed by atoms with Crippen molar-refractivity contribution in [1.82, 2.24) is 25.6 Å². The molecule has 2 unspecified atom stereocenters. The number of aromatic amines is 1. The number of hydrogen-bond donors (Lipinski definition) is 2. The van der Waals surface area contributed by atoms with Gasteiger partial charge in [-0.3, -0.25) is 9.89 Å². The highest BCUT2D eigenvalue weighted by Gasteiger charge is 2.39. The van der Waals surface area contributed by atoms with Crippen LogP contribution in [0.2, 0.25) is 0 Å². The number of nitrogens with one attached hydrogen (secondary N) is 2. The molecule has 4 heterocycles. The molecular formula is C21H25N5O2. The van der Waals surface area contributed by atoms with Gasteiger partial charge in [0, 0.05) is 29.1 Å². The highest BCUT2D eigenvalue weighted by molar-refractivity contribution is 6.05. The Kier molecular flexibility index (Phi) is 4.01. The molecule has 0 aliphatic carbocycles. The van der Waals surface area contributed by atoms with Gasteiger partial charge in [-0.2, -0.15) is 5.10 Å². The number of benzene rings is 1. The van der Waals surface area contributed by atoms with Crippen LogP contribution in [0.25, 0.3) is 22.0 Å². The zero-order valence-electron chi connectivity index (χ0n) is 16.5. The van der Waals surface area contributed by atoms with E-state index in [9.17, 15) is 4.79 Å². The Morgan fingerprint density at radius 1 is 1.25 bits per heavy atom. The van der Waals surface area contributed by atoms with Gasteiger partial charge in [0.05, 0.1) is 11.2 Å². The molecule has 2 bridgehead atoms. The molecule has 2 saturated heterocycles. The lowest BCUT2D eigenvalue weighted by atomic mass is 9.97.